The third-order valence-corrected chi connectivity index (χ3v) is 2.30. The third kappa shape index (κ3) is 1.30. The van der Waals surface area contributed by atoms with Gasteiger partial charge in [0.25, 0.3) is 0 Å². The second-order valence-corrected chi connectivity index (χ2v) is 3.39. The molecule has 0 unspecified atom stereocenters. The molecule has 2 aromatic rings. The Labute approximate surface area is 74.6 Å². The van der Waals surface area contributed by atoms with E-state index in [1.165, 1.54) is 0 Å². The molecule has 0 radical (unpaired) electrons. The summed E-state index contributed by atoms with van der Waals surface area (Å²) in [4.78, 5) is 5.26. The standard InChI is InChI=1S/C8H10N2OS/c1-2-4-11-7-6-10-3-5-12-8(10)9-7/h3,5-6H,2,4H2,1H3. The van der Waals surface area contributed by atoms with Crippen LogP contribution in [0.4, 0.5) is 0 Å². The van der Waals surface area contributed by atoms with Crippen LogP contribution in [0.25, 0.3) is 4.96 Å². The smallest absolute Gasteiger partial charge is 0.233 e. The number of aromatic nitrogens is 2. The van der Waals surface area contributed by atoms with Crippen LogP contribution in [-0.4, -0.2) is 16.0 Å². The van der Waals surface area contributed by atoms with Gasteiger partial charge in [0.15, 0.2) is 4.96 Å². The van der Waals surface area contributed by atoms with E-state index in [0.717, 1.165) is 23.9 Å². The first-order valence-electron chi connectivity index (χ1n) is 3.95. The van der Waals surface area contributed by atoms with Crippen molar-refractivity contribution in [2.24, 2.45) is 0 Å². The molecule has 0 amide bonds. The van der Waals surface area contributed by atoms with Gasteiger partial charge in [-0.2, -0.15) is 4.98 Å². The molecular formula is C8H10N2OS. The van der Waals surface area contributed by atoms with Gasteiger partial charge in [0.05, 0.1) is 12.8 Å². The maximum atomic E-state index is 5.37. The number of fused-ring (bicyclic) bond motifs is 1. The molecule has 0 aliphatic carbocycles. The first-order chi connectivity index (χ1) is 5.90. The van der Waals surface area contributed by atoms with Crippen LogP contribution in [0, 0.1) is 0 Å². The lowest BCUT2D eigenvalue weighted by Gasteiger charge is -1.96. The highest BCUT2D eigenvalue weighted by Gasteiger charge is 2.01. The lowest BCUT2D eigenvalue weighted by Crippen LogP contribution is -1.94. The fraction of sp³-hybridized carbons (Fsp3) is 0.375. The Bertz CT molecular complexity index is 337. The van der Waals surface area contributed by atoms with Crippen molar-refractivity contribution < 1.29 is 4.74 Å². The van der Waals surface area contributed by atoms with Crippen molar-refractivity contribution in [2.45, 2.75) is 13.3 Å². The van der Waals surface area contributed by atoms with Crippen molar-refractivity contribution >= 4 is 16.3 Å². The predicted molar refractivity (Wildman–Crippen MR) is 48.9 cm³/mol. The summed E-state index contributed by atoms with van der Waals surface area (Å²) >= 11 is 1.61. The molecule has 0 atom stereocenters. The molecule has 0 aromatic carbocycles. The van der Waals surface area contributed by atoms with Crippen LogP contribution >= 0.6 is 11.3 Å². The SMILES string of the molecule is CCCOc1cn2ccsc2n1. The minimum atomic E-state index is 0.726. The molecule has 2 aromatic heterocycles. The van der Waals surface area contributed by atoms with Crippen LogP contribution in [0.5, 0.6) is 5.88 Å². The second-order valence-electron chi connectivity index (χ2n) is 2.52. The zero-order valence-corrected chi connectivity index (χ0v) is 7.67. The highest BCUT2D eigenvalue weighted by atomic mass is 32.1. The van der Waals surface area contributed by atoms with Gasteiger partial charge >= 0.3 is 0 Å². The van der Waals surface area contributed by atoms with Crippen molar-refractivity contribution in [1.82, 2.24) is 9.38 Å². The van der Waals surface area contributed by atoms with Crippen LogP contribution in [0.1, 0.15) is 13.3 Å². The van der Waals surface area contributed by atoms with Gasteiger partial charge < -0.3 is 4.74 Å². The molecule has 0 bridgehead atoms. The Balaban J connectivity index is 2.21. The summed E-state index contributed by atoms with van der Waals surface area (Å²) in [6.45, 7) is 2.82. The van der Waals surface area contributed by atoms with Gasteiger partial charge in [-0.3, -0.25) is 4.40 Å². The van der Waals surface area contributed by atoms with E-state index < -0.39 is 0 Å². The summed E-state index contributed by atoms with van der Waals surface area (Å²) < 4.78 is 7.34. The Morgan fingerprint density at radius 2 is 2.58 bits per heavy atom. The summed E-state index contributed by atoms with van der Waals surface area (Å²) in [5.74, 6) is 0.726. The zero-order valence-electron chi connectivity index (χ0n) is 6.86. The number of hydrogen-bond donors (Lipinski definition) is 0. The summed E-state index contributed by atoms with van der Waals surface area (Å²) in [5, 5.41) is 2.01. The lowest BCUT2D eigenvalue weighted by atomic mass is 10.5. The van der Waals surface area contributed by atoms with E-state index in [2.05, 4.69) is 11.9 Å². The third-order valence-electron chi connectivity index (χ3n) is 1.53. The molecule has 4 heteroatoms. The van der Waals surface area contributed by atoms with E-state index in [-0.39, 0.29) is 0 Å². The monoisotopic (exact) mass is 182 g/mol. The number of ether oxygens (including phenoxy) is 1. The molecule has 0 fully saturated rings. The number of nitrogens with zero attached hydrogens (tertiary/aromatic N) is 2. The molecule has 3 nitrogen and oxygen atoms in total. The number of hydrogen-bond acceptors (Lipinski definition) is 3. The highest BCUT2D eigenvalue weighted by Crippen LogP contribution is 2.16. The van der Waals surface area contributed by atoms with E-state index in [0.29, 0.717) is 0 Å². The molecular weight excluding hydrogens is 172 g/mol. The van der Waals surface area contributed by atoms with Gasteiger partial charge in [0.2, 0.25) is 5.88 Å². The summed E-state index contributed by atoms with van der Waals surface area (Å²) in [5.41, 5.74) is 0. The summed E-state index contributed by atoms with van der Waals surface area (Å²) in [6, 6.07) is 0. The molecule has 12 heavy (non-hydrogen) atoms. The maximum absolute atomic E-state index is 5.37. The maximum Gasteiger partial charge on any atom is 0.233 e. The molecule has 0 aliphatic rings. The molecule has 2 rings (SSSR count). The number of imidazole rings is 1. The van der Waals surface area contributed by atoms with Crippen molar-refractivity contribution in [3.8, 4) is 5.88 Å². The van der Waals surface area contributed by atoms with E-state index >= 15 is 0 Å². The summed E-state index contributed by atoms with van der Waals surface area (Å²) in [7, 11) is 0. The summed E-state index contributed by atoms with van der Waals surface area (Å²) in [6.07, 6.45) is 4.90. The fourth-order valence-corrected chi connectivity index (χ4v) is 1.67. The average molecular weight is 182 g/mol. The van der Waals surface area contributed by atoms with Crippen molar-refractivity contribution in [3.05, 3.63) is 17.8 Å². The molecule has 64 valence electrons. The lowest BCUT2D eigenvalue weighted by molar-refractivity contribution is 0.307. The van der Waals surface area contributed by atoms with E-state index in [4.69, 9.17) is 4.74 Å². The minimum Gasteiger partial charge on any atom is -0.477 e. The van der Waals surface area contributed by atoms with Crippen LogP contribution in [-0.2, 0) is 0 Å². The minimum absolute atomic E-state index is 0.726. The van der Waals surface area contributed by atoms with Crippen LogP contribution in [0.15, 0.2) is 17.8 Å². The molecule has 0 saturated carbocycles. The molecule has 2 heterocycles. The highest BCUT2D eigenvalue weighted by molar-refractivity contribution is 7.15. The normalized spacial score (nSPS) is 10.8. The molecule has 0 spiro atoms. The Kier molecular flexibility index (Phi) is 1.99. The first-order valence-corrected chi connectivity index (χ1v) is 4.83. The van der Waals surface area contributed by atoms with E-state index in [1.807, 2.05) is 22.2 Å². The Morgan fingerprint density at radius 3 is 3.33 bits per heavy atom. The average Bonchev–Trinajstić information content (AvgIpc) is 2.58. The van der Waals surface area contributed by atoms with Gasteiger partial charge in [-0.05, 0) is 6.42 Å². The van der Waals surface area contributed by atoms with E-state index in [9.17, 15) is 0 Å². The second kappa shape index (κ2) is 3.15. The van der Waals surface area contributed by atoms with Gasteiger partial charge in [-0.1, -0.05) is 6.92 Å². The van der Waals surface area contributed by atoms with Crippen molar-refractivity contribution in [1.29, 1.82) is 0 Å². The fourth-order valence-electron chi connectivity index (χ4n) is 0.982. The molecule has 0 aliphatic heterocycles. The van der Waals surface area contributed by atoms with Gasteiger partial charge in [0.1, 0.15) is 0 Å². The predicted octanol–water partition coefficient (Wildman–Crippen LogP) is 2.18. The van der Waals surface area contributed by atoms with Gasteiger partial charge in [-0.15, -0.1) is 11.3 Å². The van der Waals surface area contributed by atoms with Gasteiger partial charge in [-0.25, -0.2) is 0 Å². The number of rotatable bonds is 3. The van der Waals surface area contributed by atoms with Crippen molar-refractivity contribution in [2.75, 3.05) is 6.61 Å². The van der Waals surface area contributed by atoms with Crippen molar-refractivity contribution in [3.63, 3.8) is 0 Å². The zero-order chi connectivity index (χ0) is 8.39. The quantitative estimate of drug-likeness (QED) is 0.727. The van der Waals surface area contributed by atoms with E-state index in [1.54, 1.807) is 11.3 Å². The van der Waals surface area contributed by atoms with Crippen LogP contribution < -0.4 is 4.74 Å². The van der Waals surface area contributed by atoms with Crippen LogP contribution in [0.2, 0.25) is 0 Å². The topological polar surface area (TPSA) is 26.5 Å². The molecule has 0 N–H and O–H groups in total. The molecule has 0 saturated heterocycles. The number of thiazole rings is 1. The van der Waals surface area contributed by atoms with Crippen LogP contribution in [0.3, 0.4) is 0 Å². The Morgan fingerprint density at radius 1 is 1.67 bits per heavy atom. The Hall–Kier alpha value is -1.03. The first kappa shape index (κ1) is 7.61. The largest absolute Gasteiger partial charge is 0.477 e. The van der Waals surface area contributed by atoms with Gasteiger partial charge in [0, 0.05) is 11.6 Å².